The zero-order valence-electron chi connectivity index (χ0n) is 15.7. The van der Waals surface area contributed by atoms with Gasteiger partial charge in [0.1, 0.15) is 11.5 Å². The molecule has 0 aliphatic heterocycles. The summed E-state index contributed by atoms with van der Waals surface area (Å²) in [6.07, 6.45) is -5.14. The SMILES string of the molecule is O=C(Nc1ccc(Oc2cc(C(F)(F)F)cc(C(F)(F)F)c2)cc1)C1CCCCC1. The van der Waals surface area contributed by atoms with Crippen molar-refractivity contribution in [2.24, 2.45) is 5.92 Å². The van der Waals surface area contributed by atoms with E-state index >= 15 is 0 Å². The van der Waals surface area contributed by atoms with Crippen LogP contribution in [0.3, 0.4) is 0 Å². The topological polar surface area (TPSA) is 38.3 Å². The first-order valence-electron chi connectivity index (χ1n) is 9.40. The number of ether oxygens (including phenoxy) is 1. The van der Waals surface area contributed by atoms with Crippen LogP contribution < -0.4 is 10.1 Å². The molecule has 1 saturated carbocycles. The Morgan fingerprint density at radius 1 is 0.800 bits per heavy atom. The van der Waals surface area contributed by atoms with Gasteiger partial charge >= 0.3 is 12.4 Å². The predicted octanol–water partition coefficient (Wildman–Crippen LogP) is 7.04. The summed E-state index contributed by atoms with van der Waals surface area (Å²) < 4.78 is 82.9. The molecular weight excluding hydrogens is 412 g/mol. The number of hydrogen-bond acceptors (Lipinski definition) is 2. The number of anilines is 1. The minimum atomic E-state index is -4.95. The standard InChI is InChI=1S/C21H19F6NO2/c22-20(23,24)14-10-15(21(25,26)27)12-18(11-14)30-17-8-6-16(7-9-17)28-19(29)13-4-2-1-3-5-13/h6-13H,1-5H2,(H,28,29). The van der Waals surface area contributed by atoms with E-state index in [2.05, 4.69) is 5.32 Å². The Morgan fingerprint density at radius 2 is 1.33 bits per heavy atom. The van der Waals surface area contributed by atoms with E-state index in [4.69, 9.17) is 4.74 Å². The molecule has 1 aliphatic carbocycles. The third kappa shape index (κ3) is 5.67. The first-order chi connectivity index (χ1) is 14.0. The van der Waals surface area contributed by atoms with Gasteiger partial charge in [-0.15, -0.1) is 0 Å². The van der Waals surface area contributed by atoms with Crippen LogP contribution in [-0.2, 0) is 17.1 Å². The second-order valence-electron chi connectivity index (χ2n) is 7.19. The zero-order valence-corrected chi connectivity index (χ0v) is 15.7. The van der Waals surface area contributed by atoms with Gasteiger partial charge in [0.05, 0.1) is 11.1 Å². The predicted molar refractivity (Wildman–Crippen MR) is 98.2 cm³/mol. The Balaban J connectivity index is 1.74. The number of hydrogen-bond donors (Lipinski definition) is 1. The molecule has 0 radical (unpaired) electrons. The van der Waals surface area contributed by atoms with E-state index in [-0.39, 0.29) is 23.6 Å². The van der Waals surface area contributed by atoms with Crippen molar-refractivity contribution in [2.75, 3.05) is 5.32 Å². The summed E-state index contributed by atoms with van der Waals surface area (Å²) in [5.41, 5.74) is -2.44. The molecule has 2 aromatic carbocycles. The second-order valence-corrected chi connectivity index (χ2v) is 7.19. The Kier molecular flexibility index (Phi) is 6.28. The minimum Gasteiger partial charge on any atom is -0.457 e. The van der Waals surface area contributed by atoms with Crippen molar-refractivity contribution in [1.29, 1.82) is 0 Å². The Labute approximate surface area is 169 Å². The highest BCUT2D eigenvalue weighted by Crippen LogP contribution is 2.39. The van der Waals surface area contributed by atoms with Crippen LogP contribution in [0.5, 0.6) is 11.5 Å². The van der Waals surface area contributed by atoms with Gasteiger partial charge in [-0.2, -0.15) is 26.3 Å². The number of carbonyl (C=O) groups excluding carboxylic acids is 1. The number of carbonyl (C=O) groups is 1. The van der Waals surface area contributed by atoms with Crippen LogP contribution in [0.15, 0.2) is 42.5 Å². The fourth-order valence-electron chi connectivity index (χ4n) is 3.34. The Morgan fingerprint density at radius 3 is 1.83 bits per heavy atom. The van der Waals surface area contributed by atoms with Gasteiger partial charge in [0.25, 0.3) is 0 Å². The molecule has 0 spiro atoms. The van der Waals surface area contributed by atoms with Gasteiger partial charge in [0, 0.05) is 11.6 Å². The quantitative estimate of drug-likeness (QED) is 0.528. The first-order valence-corrected chi connectivity index (χ1v) is 9.40. The van der Waals surface area contributed by atoms with Crippen molar-refractivity contribution >= 4 is 11.6 Å². The summed E-state index contributed by atoms with van der Waals surface area (Å²) in [5, 5.41) is 2.77. The smallest absolute Gasteiger partial charge is 0.416 e. The molecule has 0 saturated heterocycles. The lowest BCUT2D eigenvalue weighted by Crippen LogP contribution is -2.24. The number of benzene rings is 2. The lowest BCUT2D eigenvalue weighted by molar-refractivity contribution is -0.143. The number of alkyl halides is 6. The third-order valence-electron chi connectivity index (χ3n) is 4.89. The fraction of sp³-hybridized carbons (Fsp3) is 0.381. The molecule has 1 N–H and O–H groups in total. The van der Waals surface area contributed by atoms with Crippen molar-refractivity contribution in [1.82, 2.24) is 0 Å². The molecule has 0 unspecified atom stereocenters. The van der Waals surface area contributed by atoms with Gasteiger partial charge in [0.15, 0.2) is 0 Å². The fourth-order valence-corrected chi connectivity index (χ4v) is 3.34. The average Bonchev–Trinajstić information content (AvgIpc) is 2.68. The molecule has 1 amide bonds. The largest absolute Gasteiger partial charge is 0.457 e. The van der Waals surface area contributed by atoms with E-state index in [9.17, 15) is 31.1 Å². The van der Waals surface area contributed by atoms with Gasteiger partial charge < -0.3 is 10.1 Å². The van der Waals surface area contributed by atoms with Crippen molar-refractivity contribution < 1.29 is 35.9 Å². The third-order valence-corrected chi connectivity index (χ3v) is 4.89. The average molecular weight is 431 g/mol. The zero-order chi connectivity index (χ0) is 21.9. The minimum absolute atomic E-state index is 0.0384. The lowest BCUT2D eigenvalue weighted by Gasteiger charge is -2.20. The monoisotopic (exact) mass is 431 g/mol. The van der Waals surface area contributed by atoms with E-state index in [1.54, 1.807) is 0 Å². The summed E-state index contributed by atoms with van der Waals surface area (Å²) in [6.45, 7) is 0. The summed E-state index contributed by atoms with van der Waals surface area (Å²) in [6, 6.07) is 6.75. The molecular formula is C21H19F6NO2. The van der Waals surface area contributed by atoms with E-state index in [0.717, 1.165) is 32.1 Å². The van der Waals surface area contributed by atoms with E-state index in [1.165, 1.54) is 24.3 Å². The van der Waals surface area contributed by atoms with Gasteiger partial charge in [-0.25, -0.2) is 0 Å². The Hall–Kier alpha value is -2.71. The molecule has 1 aliphatic rings. The molecule has 3 nitrogen and oxygen atoms in total. The molecule has 0 aromatic heterocycles. The van der Waals surface area contributed by atoms with Crippen LogP contribution in [0.25, 0.3) is 0 Å². The van der Waals surface area contributed by atoms with Crippen LogP contribution in [0.4, 0.5) is 32.0 Å². The molecule has 2 aromatic rings. The molecule has 0 bridgehead atoms. The van der Waals surface area contributed by atoms with Gasteiger partial charge in [-0.3, -0.25) is 4.79 Å². The van der Waals surface area contributed by atoms with Crippen molar-refractivity contribution in [3.8, 4) is 11.5 Å². The summed E-state index contributed by atoms with van der Waals surface area (Å²) in [5.74, 6) is -0.703. The van der Waals surface area contributed by atoms with Crippen LogP contribution >= 0.6 is 0 Å². The highest BCUT2D eigenvalue weighted by atomic mass is 19.4. The summed E-state index contributed by atoms with van der Waals surface area (Å²) in [4.78, 5) is 12.3. The summed E-state index contributed by atoms with van der Waals surface area (Å²) >= 11 is 0. The van der Waals surface area contributed by atoms with Crippen LogP contribution in [0.1, 0.15) is 43.2 Å². The number of nitrogens with one attached hydrogen (secondary N) is 1. The van der Waals surface area contributed by atoms with Gasteiger partial charge in [-0.05, 0) is 55.3 Å². The maximum atomic E-state index is 12.9. The van der Waals surface area contributed by atoms with E-state index in [0.29, 0.717) is 17.8 Å². The van der Waals surface area contributed by atoms with E-state index in [1.807, 2.05) is 0 Å². The maximum absolute atomic E-state index is 12.9. The second kappa shape index (κ2) is 8.57. The highest BCUT2D eigenvalue weighted by Gasteiger charge is 2.37. The summed E-state index contributed by atoms with van der Waals surface area (Å²) in [7, 11) is 0. The van der Waals surface area contributed by atoms with E-state index < -0.39 is 29.2 Å². The van der Waals surface area contributed by atoms with Crippen molar-refractivity contribution in [2.45, 2.75) is 44.5 Å². The first kappa shape index (κ1) is 22.0. The molecule has 3 rings (SSSR count). The molecule has 0 atom stereocenters. The van der Waals surface area contributed by atoms with Crippen molar-refractivity contribution in [3.63, 3.8) is 0 Å². The van der Waals surface area contributed by atoms with Gasteiger partial charge in [0.2, 0.25) is 5.91 Å². The molecule has 9 heteroatoms. The maximum Gasteiger partial charge on any atom is 0.416 e. The van der Waals surface area contributed by atoms with Crippen LogP contribution in [0.2, 0.25) is 0 Å². The molecule has 1 fully saturated rings. The number of amides is 1. The van der Waals surface area contributed by atoms with Crippen molar-refractivity contribution in [3.05, 3.63) is 53.6 Å². The molecule has 162 valence electrons. The number of halogens is 6. The van der Waals surface area contributed by atoms with Crippen LogP contribution in [-0.4, -0.2) is 5.91 Å². The Bertz CT molecular complexity index is 852. The molecule has 0 heterocycles. The van der Waals surface area contributed by atoms with Crippen LogP contribution in [0, 0.1) is 5.92 Å². The lowest BCUT2D eigenvalue weighted by atomic mass is 9.88. The number of rotatable bonds is 4. The molecule has 30 heavy (non-hydrogen) atoms. The highest BCUT2D eigenvalue weighted by molar-refractivity contribution is 5.92. The normalized spacial score (nSPS) is 15.7. The van der Waals surface area contributed by atoms with Gasteiger partial charge in [-0.1, -0.05) is 19.3 Å².